The van der Waals surface area contributed by atoms with Crippen molar-refractivity contribution in [3.05, 3.63) is 44.7 Å². The molecule has 2 aromatic rings. The molecule has 0 spiro atoms. The first-order valence-corrected chi connectivity index (χ1v) is 16.4. The van der Waals surface area contributed by atoms with Gasteiger partial charge >= 0.3 is 0 Å². The van der Waals surface area contributed by atoms with Crippen molar-refractivity contribution >= 4 is 28.9 Å². The number of aliphatic hydroxyl groups excluding tert-OH is 1. The Balaban J connectivity index is 2.44. The number of hydrogen-bond acceptors (Lipinski definition) is 12. The van der Waals surface area contributed by atoms with Gasteiger partial charge in [-0.25, -0.2) is 0 Å². The fraction of sp³-hybridized carbons (Fsp3) is 0.500. The van der Waals surface area contributed by atoms with Gasteiger partial charge in [-0.2, -0.15) is 0 Å². The third kappa shape index (κ3) is 5.98. The minimum absolute atomic E-state index is 0.0501. The third-order valence-corrected chi connectivity index (χ3v) is 9.73. The number of ether oxygens (including phenoxy) is 2. The van der Waals surface area contributed by atoms with Crippen LogP contribution in [0, 0.1) is 42.4 Å². The molecule has 1 aliphatic rings. The van der Waals surface area contributed by atoms with E-state index in [1.807, 2.05) is 0 Å². The maximum absolute atomic E-state index is 14.8. The minimum atomic E-state index is -2.27. The van der Waals surface area contributed by atoms with Crippen LogP contribution in [-0.4, -0.2) is 68.7 Å². The van der Waals surface area contributed by atoms with Crippen LogP contribution in [0.2, 0.25) is 0 Å². The van der Waals surface area contributed by atoms with Crippen molar-refractivity contribution in [2.75, 3.05) is 14.2 Å². The zero-order valence-electron chi connectivity index (χ0n) is 30.7. The van der Waals surface area contributed by atoms with E-state index in [-0.39, 0.29) is 44.9 Å². The lowest BCUT2D eigenvalue weighted by atomic mass is 9.57. The van der Waals surface area contributed by atoms with E-state index in [2.05, 4.69) is 0 Å². The number of Topliss-reactive ketones (excluding diaryl/α,β-unsaturated/α-hetero) is 5. The number of phenols is 4. The van der Waals surface area contributed by atoms with E-state index in [9.17, 15) is 49.5 Å². The molecule has 272 valence electrons. The number of methoxy groups -OCH3 is 2. The summed E-state index contributed by atoms with van der Waals surface area (Å²) < 4.78 is 10.7. The predicted molar refractivity (Wildman–Crippen MR) is 184 cm³/mol. The molecular formula is C38H48O12. The van der Waals surface area contributed by atoms with Gasteiger partial charge in [0.05, 0.1) is 25.0 Å². The van der Waals surface area contributed by atoms with E-state index in [4.69, 9.17) is 9.47 Å². The van der Waals surface area contributed by atoms with E-state index >= 15 is 0 Å². The van der Waals surface area contributed by atoms with Gasteiger partial charge in [-0.3, -0.25) is 24.0 Å². The number of carbonyl (C=O) groups is 5. The van der Waals surface area contributed by atoms with Crippen LogP contribution in [0.1, 0.15) is 98.4 Å². The molecule has 5 N–H and O–H groups in total. The number of carbonyl (C=O) groups excluding carboxylic acids is 5. The average molecular weight is 697 g/mol. The molecule has 0 amide bonds. The number of ketones is 5. The van der Waals surface area contributed by atoms with Crippen molar-refractivity contribution in [1.29, 1.82) is 0 Å². The highest BCUT2D eigenvalue weighted by atomic mass is 16.5. The van der Waals surface area contributed by atoms with Crippen molar-refractivity contribution in [1.82, 2.24) is 0 Å². The lowest BCUT2D eigenvalue weighted by Gasteiger charge is -2.42. The SMILES string of the molecule is COc1c(C)c(O)c(C[C@@]2(C)C(=O)C(C(=O)C(C)C)=C(O)[C@](C)(Cc3c(O)c(C)c(OC)c(C(=O)C(C)C)c3O)C2=O)c(O)c1C(=O)C(C)C. The largest absolute Gasteiger partial charge is 0.510 e. The highest BCUT2D eigenvalue weighted by molar-refractivity contribution is 6.31. The molecule has 0 heterocycles. The lowest BCUT2D eigenvalue weighted by molar-refractivity contribution is -0.147. The molecule has 0 fully saturated rings. The second-order valence-corrected chi connectivity index (χ2v) is 14.4. The van der Waals surface area contributed by atoms with Gasteiger partial charge < -0.3 is 35.0 Å². The number of allylic oxidation sites excluding steroid dienone is 2. The molecule has 0 saturated heterocycles. The molecular weight excluding hydrogens is 648 g/mol. The first-order chi connectivity index (χ1) is 23.0. The van der Waals surface area contributed by atoms with Crippen LogP contribution < -0.4 is 9.47 Å². The van der Waals surface area contributed by atoms with Gasteiger partial charge in [0.25, 0.3) is 0 Å². The van der Waals surface area contributed by atoms with Gasteiger partial charge in [-0.05, 0) is 40.5 Å². The van der Waals surface area contributed by atoms with Crippen molar-refractivity contribution in [2.24, 2.45) is 28.6 Å². The fourth-order valence-corrected chi connectivity index (χ4v) is 6.69. The van der Waals surface area contributed by atoms with Crippen LogP contribution in [0.5, 0.6) is 34.5 Å². The Morgan fingerprint density at radius 3 is 1.26 bits per heavy atom. The van der Waals surface area contributed by atoms with Gasteiger partial charge in [-0.15, -0.1) is 0 Å². The van der Waals surface area contributed by atoms with Crippen LogP contribution in [0.25, 0.3) is 0 Å². The Bertz CT molecular complexity index is 1840. The molecule has 0 bridgehead atoms. The van der Waals surface area contributed by atoms with Gasteiger partial charge in [0.15, 0.2) is 28.9 Å². The minimum Gasteiger partial charge on any atom is -0.510 e. The summed E-state index contributed by atoms with van der Waals surface area (Å²) in [5, 5.41) is 57.3. The Morgan fingerprint density at radius 2 is 0.940 bits per heavy atom. The first kappa shape index (κ1) is 39.6. The number of hydrogen-bond donors (Lipinski definition) is 5. The number of aliphatic hydroxyl groups is 1. The lowest BCUT2D eigenvalue weighted by Crippen LogP contribution is -2.55. The summed E-state index contributed by atoms with van der Waals surface area (Å²) in [5.74, 6) is -9.66. The van der Waals surface area contributed by atoms with Crippen LogP contribution in [-0.2, 0) is 27.2 Å². The molecule has 12 nitrogen and oxygen atoms in total. The van der Waals surface area contributed by atoms with E-state index in [0.29, 0.717) is 0 Å². The van der Waals surface area contributed by atoms with Crippen LogP contribution >= 0.6 is 0 Å². The summed E-state index contributed by atoms with van der Waals surface area (Å²) in [4.78, 5) is 69.3. The van der Waals surface area contributed by atoms with E-state index in [1.54, 1.807) is 27.7 Å². The molecule has 0 radical (unpaired) electrons. The molecule has 0 unspecified atom stereocenters. The first-order valence-electron chi connectivity index (χ1n) is 16.4. The van der Waals surface area contributed by atoms with Gasteiger partial charge in [0, 0.05) is 40.0 Å². The van der Waals surface area contributed by atoms with Gasteiger partial charge in [0.2, 0.25) is 0 Å². The molecule has 1 aliphatic carbocycles. The smallest absolute Gasteiger partial charge is 0.183 e. The molecule has 0 saturated carbocycles. The fourth-order valence-electron chi connectivity index (χ4n) is 6.69. The number of aromatic hydroxyl groups is 4. The number of phenolic OH excluding ortho intramolecular Hbond substituents is 4. The highest BCUT2D eigenvalue weighted by Gasteiger charge is 2.60. The average Bonchev–Trinajstić information content (AvgIpc) is 3.05. The maximum Gasteiger partial charge on any atom is 0.183 e. The molecule has 3 rings (SSSR count). The van der Waals surface area contributed by atoms with E-state index in [1.165, 1.54) is 55.8 Å². The molecule has 0 aromatic heterocycles. The molecule has 12 heteroatoms. The summed E-state index contributed by atoms with van der Waals surface area (Å²) >= 11 is 0. The van der Waals surface area contributed by atoms with E-state index < -0.39 is 105 Å². The predicted octanol–water partition coefficient (Wildman–Crippen LogP) is 5.81. The zero-order valence-corrected chi connectivity index (χ0v) is 30.7. The normalized spacial score (nSPS) is 19.5. The monoisotopic (exact) mass is 696 g/mol. The Morgan fingerprint density at radius 1 is 0.600 bits per heavy atom. The highest BCUT2D eigenvalue weighted by Crippen LogP contribution is 2.54. The summed E-state index contributed by atoms with van der Waals surface area (Å²) in [6.07, 6.45) is -1.41. The van der Waals surface area contributed by atoms with Crippen LogP contribution in [0.4, 0.5) is 0 Å². The van der Waals surface area contributed by atoms with Crippen molar-refractivity contribution in [3.8, 4) is 34.5 Å². The Kier molecular flexibility index (Phi) is 10.9. The van der Waals surface area contributed by atoms with Crippen LogP contribution in [0.3, 0.4) is 0 Å². The standard InChI is InChI=1S/C38H48O12/c1-15(2)25(39)22-30(44)20(28(42)18(7)32(22)49-11)13-37(9)34(46)24(27(41)17(5)6)35(47)38(10,36(37)48)14-21-29(43)19(8)33(50-12)23(31(21)45)26(40)16(3)4/h15-17,42-46H,13-14H2,1-12H3/t37-,38-/m0/s1. The summed E-state index contributed by atoms with van der Waals surface area (Å²) in [7, 11) is 2.51. The van der Waals surface area contributed by atoms with Gasteiger partial charge in [-0.1, -0.05) is 41.5 Å². The number of rotatable bonds is 12. The second kappa shape index (κ2) is 13.8. The van der Waals surface area contributed by atoms with Crippen molar-refractivity contribution in [2.45, 2.75) is 82.1 Å². The summed E-state index contributed by atoms with van der Waals surface area (Å²) in [6.45, 7) is 14.6. The number of benzene rings is 2. The van der Waals surface area contributed by atoms with Crippen molar-refractivity contribution in [3.63, 3.8) is 0 Å². The van der Waals surface area contributed by atoms with E-state index in [0.717, 1.165) is 0 Å². The molecule has 50 heavy (non-hydrogen) atoms. The Labute approximate surface area is 291 Å². The quantitative estimate of drug-likeness (QED) is 0.101. The third-order valence-electron chi connectivity index (χ3n) is 9.73. The second-order valence-electron chi connectivity index (χ2n) is 14.4. The van der Waals surface area contributed by atoms with Crippen LogP contribution in [0.15, 0.2) is 11.3 Å². The topological polar surface area (TPSA) is 205 Å². The summed E-state index contributed by atoms with van der Waals surface area (Å²) in [5.41, 5.74) is -6.24. The van der Waals surface area contributed by atoms with Crippen molar-refractivity contribution < 1.29 is 59.0 Å². The zero-order chi connectivity index (χ0) is 38.5. The maximum atomic E-state index is 14.8. The molecule has 2 aromatic carbocycles. The molecule has 0 aliphatic heterocycles. The molecule has 2 atom stereocenters. The summed E-state index contributed by atoms with van der Waals surface area (Å²) in [6, 6.07) is 0. The van der Waals surface area contributed by atoms with Gasteiger partial charge in [0.1, 0.15) is 57.0 Å². The Hall–Kier alpha value is -4.87.